The van der Waals surface area contributed by atoms with Gasteiger partial charge in [0.2, 0.25) is 11.7 Å². The second kappa shape index (κ2) is 13.5. The summed E-state index contributed by atoms with van der Waals surface area (Å²) >= 11 is 1.26. The minimum Gasteiger partial charge on any atom is -0.370 e. The molecule has 1 fully saturated rings. The number of likely N-dealkylation sites (tertiary alicyclic amines) is 1. The number of nitrogens with two attached hydrogens (primary N) is 2. The van der Waals surface area contributed by atoms with Crippen LogP contribution in [-0.4, -0.2) is 76.7 Å². The summed E-state index contributed by atoms with van der Waals surface area (Å²) in [6, 6.07) is 14.8. The fraction of sp³-hybridized carbons (Fsp3) is 0.414. The zero-order chi connectivity index (χ0) is 28.6. The number of likely N-dealkylation sites (N-methyl/N-ethyl adjacent to an activating group) is 1. The Morgan fingerprint density at radius 3 is 2.52 bits per heavy atom. The number of Topliss-reactive ketones (excluding diaryl/α,β-unsaturated/α-hetero) is 1. The Bertz CT molecular complexity index is 1320. The van der Waals surface area contributed by atoms with Crippen molar-refractivity contribution < 1.29 is 14.4 Å². The number of aromatic nitrogens is 1. The number of carbonyl (C=O) groups excluding carboxylic acids is 3. The highest BCUT2D eigenvalue weighted by Gasteiger charge is 2.42. The number of nitrogens with zero attached hydrogens (tertiary/aromatic N) is 4. The molecule has 0 saturated carbocycles. The van der Waals surface area contributed by atoms with Crippen molar-refractivity contribution in [3.63, 3.8) is 0 Å². The van der Waals surface area contributed by atoms with Gasteiger partial charge in [0.05, 0.1) is 16.3 Å². The standard InChI is InChI=1S/C29H37N7O3S/c1-19-10-9-17-35(19)29(39)36(27(38)22(32-2)18-20-11-4-3-5-12-20)23(14-8-16-33-28(30)31)25(37)26-34-21-13-6-7-15-24(21)40-26/h3-7,11-13,15,19,22-23,32H,8-10,14,16-18H2,1-2H3,(H4,30,31,33)/t19?,22-,23+/m1/s1. The molecular weight excluding hydrogens is 526 g/mol. The molecule has 4 rings (SSSR count). The van der Waals surface area contributed by atoms with E-state index in [-0.39, 0.29) is 35.8 Å². The first-order valence-corrected chi connectivity index (χ1v) is 14.4. The van der Waals surface area contributed by atoms with Gasteiger partial charge in [-0.1, -0.05) is 42.5 Å². The number of hydrogen-bond acceptors (Lipinski definition) is 7. The summed E-state index contributed by atoms with van der Waals surface area (Å²) in [5.41, 5.74) is 12.7. The Balaban J connectivity index is 1.73. The topological polar surface area (TPSA) is 147 Å². The molecule has 1 unspecified atom stereocenters. The number of amides is 3. The molecule has 1 aromatic heterocycles. The van der Waals surface area contributed by atoms with Gasteiger partial charge in [0, 0.05) is 19.1 Å². The van der Waals surface area contributed by atoms with E-state index in [1.807, 2.05) is 61.5 Å². The molecule has 0 radical (unpaired) electrons. The molecule has 0 bridgehead atoms. The van der Waals surface area contributed by atoms with Gasteiger partial charge in [0.1, 0.15) is 6.04 Å². The van der Waals surface area contributed by atoms with Crippen LogP contribution >= 0.6 is 11.3 Å². The average Bonchev–Trinajstić information content (AvgIpc) is 3.59. The fourth-order valence-corrected chi connectivity index (χ4v) is 6.01. The first-order chi connectivity index (χ1) is 19.3. The Morgan fingerprint density at radius 2 is 1.88 bits per heavy atom. The first-order valence-electron chi connectivity index (χ1n) is 13.6. The first kappa shape index (κ1) is 29.2. The molecular formula is C29H37N7O3S. The maximum atomic E-state index is 14.3. The van der Waals surface area contributed by atoms with E-state index in [0.29, 0.717) is 24.9 Å². The Morgan fingerprint density at radius 1 is 1.15 bits per heavy atom. The Labute approximate surface area is 238 Å². The number of thiazole rings is 1. The molecule has 10 nitrogen and oxygen atoms in total. The molecule has 0 spiro atoms. The molecule has 3 aromatic rings. The van der Waals surface area contributed by atoms with Crippen LogP contribution in [0.25, 0.3) is 10.2 Å². The molecule has 2 aromatic carbocycles. The number of nitrogens with one attached hydrogen (secondary N) is 1. The van der Waals surface area contributed by atoms with Crippen molar-refractivity contribution >= 4 is 45.2 Å². The van der Waals surface area contributed by atoms with Gasteiger partial charge in [0.25, 0.3) is 0 Å². The van der Waals surface area contributed by atoms with Crippen molar-refractivity contribution in [2.45, 2.75) is 57.2 Å². The number of benzene rings is 2. The monoisotopic (exact) mass is 563 g/mol. The highest BCUT2D eigenvalue weighted by molar-refractivity contribution is 7.20. The Hall–Kier alpha value is -3.83. The number of aliphatic imine (C=N–C) groups is 1. The number of guanidine groups is 1. The molecule has 1 saturated heterocycles. The third kappa shape index (κ3) is 6.83. The zero-order valence-electron chi connectivity index (χ0n) is 23.0. The SMILES string of the molecule is CN[C@H](Cc1ccccc1)C(=O)N(C(=O)N1CCCC1C)[C@@H](CCCN=C(N)N)C(=O)c1nc2ccccc2s1. The largest absolute Gasteiger partial charge is 0.370 e. The summed E-state index contributed by atoms with van der Waals surface area (Å²) in [4.78, 5) is 54.0. The van der Waals surface area contributed by atoms with Crippen molar-refractivity contribution in [2.24, 2.45) is 16.5 Å². The van der Waals surface area contributed by atoms with Crippen LogP contribution in [-0.2, 0) is 11.2 Å². The Kier molecular flexibility index (Phi) is 9.84. The highest BCUT2D eigenvalue weighted by atomic mass is 32.1. The number of ketones is 1. The molecule has 40 heavy (non-hydrogen) atoms. The molecule has 1 aliphatic heterocycles. The van der Waals surface area contributed by atoms with Crippen molar-refractivity contribution in [2.75, 3.05) is 20.1 Å². The van der Waals surface area contributed by atoms with Crippen LogP contribution in [0.5, 0.6) is 0 Å². The van der Waals surface area contributed by atoms with Crippen molar-refractivity contribution in [3.05, 3.63) is 65.2 Å². The lowest BCUT2D eigenvalue weighted by atomic mass is 10.0. The number of carbonyl (C=O) groups is 3. The zero-order valence-corrected chi connectivity index (χ0v) is 23.8. The molecule has 0 aliphatic carbocycles. The average molecular weight is 564 g/mol. The summed E-state index contributed by atoms with van der Waals surface area (Å²) in [5.74, 6) is -0.868. The number of fused-ring (bicyclic) bond motifs is 1. The van der Waals surface area contributed by atoms with Crippen molar-refractivity contribution in [1.82, 2.24) is 20.1 Å². The van der Waals surface area contributed by atoms with Gasteiger partial charge in [-0.2, -0.15) is 0 Å². The number of para-hydroxylation sites is 1. The third-order valence-electron chi connectivity index (χ3n) is 7.22. The number of urea groups is 1. The summed E-state index contributed by atoms with van der Waals surface area (Å²) in [6.45, 7) is 2.76. The molecule has 3 atom stereocenters. The van der Waals surface area contributed by atoms with Gasteiger partial charge in [-0.05, 0) is 63.8 Å². The van der Waals surface area contributed by atoms with Crippen LogP contribution < -0.4 is 16.8 Å². The van der Waals surface area contributed by atoms with E-state index in [1.165, 1.54) is 16.2 Å². The van der Waals surface area contributed by atoms with Crippen LogP contribution in [0.4, 0.5) is 4.79 Å². The minimum atomic E-state index is -1.06. The van der Waals surface area contributed by atoms with E-state index >= 15 is 0 Å². The number of rotatable bonds is 11. The van der Waals surface area contributed by atoms with Gasteiger partial charge in [-0.3, -0.25) is 19.5 Å². The lowest BCUT2D eigenvalue weighted by Gasteiger charge is -2.36. The summed E-state index contributed by atoms with van der Waals surface area (Å²) < 4.78 is 0.861. The smallest absolute Gasteiger partial charge is 0.327 e. The van der Waals surface area contributed by atoms with Gasteiger partial charge in [0.15, 0.2) is 11.0 Å². The summed E-state index contributed by atoms with van der Waals surface area (Å²) in [6.07, 6.45) is 2.65. The van der Waals surface area contributed by atoms with E-state index in [1.54, 1.807) is 11.9 Å². The quantitative estimate of drug-likeness (QED) is 0.141. The fourth-order valence-electron chi connectivity index (χ4n) is 5.06. The predicted octanol–water partition coefficient (Wildman–Crippen LogP) is 3.16. The number of hydrogen-bond donors (Lipinski definition) is 3. The maximum absolute atomic E-state index is 14.3. The van der Waals surface area contributed by atoms with Crippen LogP contribution in [0.1, 0.15) is 48.0 Å². The molecule has 2 heterocycles. The van der Waals surface area contributed by atoms with Crippen LogP contribution in [0.2, 0.25) is 0 Å². The van der Waals surface area contributed by atoms with E-state index < -0.39 is 24.0 Å². The van der Waals surface area contributed by atoms with Gasteiger partial charge in [-0.15, -0.1) is 11.3 Å². The second-order valence-corrected chi connectivity index (χ2v) is 11.1. The van der Waals surface area contributed by atoms with E-state index in [2.05, 4.69) is 15.3 Å². The molecule has 1 aliphatic rings. The van der Waals surface area contributed by atoms with Crippen molar-refractivity contribution in [1.29, 1.82) is 0 Å². The van der Waals surface area contributed by atoms with E-state index in [4.69, 9.17) is 11.5 Å². The molecule has 3 amide bonds. The predicted molar refractivity (Wildman–Crippen MR) is 158 cm³/mol. The molecule has 212 valence electrons. The third-order valence-corrected chi connectivity index (χ3v) is 8.27. The van der Waals surface area contributed by atoms with Gasteiger partial charge >= 0.3 is 6.03 Å². The second-order valence-electron chi connectivity index (χ2n) is 10.0. The van der Waals surface area contributed by atoms with Crippen molar-refractivity contribution in [3.8, 4) is 0 Å². The summed E-state index contributed by atoms with van der Waals surface area (Å²) in [5, 5.41) is 3.34. The maximum Gasteiger partial charge on any atom is 0.327 e. The van der Waals surface area contributed by atoms with Gasteiger partial charge in [-0.25, -0.2) is 9.78 Å². The normalized spacial score (nSPS) is 16.4. The van der Waals surface area contributed by atoms with Crippen LogP contribution in [0.15, 0.2) is 59.6 Å². The lowest BCUT2D eigenvalue weighted by molar-refractivity contribution is -0.132. The summed E-state index contributed by atoms with van der Waals surface area (Å²) in [7, 11) is 1.69. The molecule has 11 heteroatoms. The van der Waals surface area contributed by atoms with Gasteiger partial charge < -0.3 is 21.7 Å². The van der Waals surface area contributed by atoms with Crippen LogP contribution in [0, 0.1) is 0 Å². The molecule has 5 N–H and O–H groups in total. The van der Waals surface area contributed by atoms with Crippen LogP contribution in [0.3, 0.4) is 0 Å². The van der Waals surface area contributed by atoms with E-state index in [9.17, 15) is 14.4 Å². The van der Waals surface area contributed by atoms with E-state index in [0.717, 1.165) is 23.1 Å². The number of imide groups is 1. The lowest BCUT2D eigenvalue weighted by Crippen LogP contribution is -2.59. The highest BCUT2D eigenvalue weighted by Crippen LogP contribution is 2.27. The minimum absolute atomic E-state index is 0.0372.